The van der Waals surface area contributed by atoms with Crippen molar-refractivity contribution in [3.8, 4) is 0 Å². The van der Waals surface area contributed by atoms with Gasteiger partial charge in [0.25, 0.3) is 0 Å². The van der Waals surface area contributed by atoms with E-state index in [1.54, 1.807) is 0 Å². The molecule has 0 radical (unpaired) electrons. The molecule has 3 heteroatoms. The van der Waals surface area contributed by atoms with Crippen molar-refractivity contribution in [3.05, 3.63) is 0 Å². The van der Waals surface area contributed by atoms with Crippen LogP contribution in [-0.2, 0) is 4.79 Å². The zero-order valence-corrected chi connectivity index (χ0v) is 10.9. The summed E-state index contributed by atoms with van der Waals surface area (Å²) in [7, 11) is 0. The SMILES string of the molecule is CC1(C(=O)N(CC2CC2)C2CC2)CCNCC1. The van der Waals surface area contributed by atoms with Crippen LogP contribution >= 0.6 is 0 Å². The van der Waals surface area contributed by atoms with Crippen LogP contribution in [0, 0.1) is 11.3 Å². The summed E-state index contributed by atoms with van der Waals surface area (Å²) in [5.41, 5.74) is -0.0806. The Bertz CT molecular complexity index is 301. The third-order valence-electron chi connectivity index (χ3n) is 4.62. The standard InChI is InChI=1S/C14H24N2O/c1-14(6-8-15-9-7-14)13(17)16(12-4-5-12)10-11-2-3-11/h11-12,15H,2-10H2,1H3. The Morgan fingerprint density at radius 3 is 2.41 bits per heavy atom. The number of carbonyl (C=O) groups is 1. The maximum absolute atomic E-state index is 12.8. The Morgan fingerprint density at radius 1 is 1.24 bits per heavy atom. The van der Waals surface area contributed by atoms with Crippen LogP contribution in [0.4, 0.5) is 0 Å². The second-order valence-corrected chi connectivity index (χ2v) is 6.44. The highest BCUT2D eigenvalue weighted by molar-refractivity contribution is 5.83. The molecule has 1 aliphatic heterocycles. The van der Waals surface area contributed by atoms with Gasteiger partial charge < -0.3 is 10.2 Å². The molecule has 2 saturated carbocycles. The number of nitrogens with zero attached hydrogens (tertiary/aromatic N) is 1. The van der Waals surface area contributed by atoms with Crippen molar-refractivity contribution in [2.75, 3.05) is 19.6 Å². The van der Waals surface area contributed by atoms with Gasteiger partial charge in [0.15, 0.2) is 0 Å². The Hall–Kier alpha value is -0.570. The lowest BCUT2D eigenvalue weighted by atomic mass is 9.79. The highest BCUT2D eigenvalue weighted by atomic mass is 16.2. The van der Waals surface area contributed by atoms with Crippen molar-refractivity contribution in [1.29, 1.82) is 0 Å². The van der Waals surface area contributed by atoms with Crippen molar-refractivity contribution in [2.24, 2.45) is 11.3 Å². The van der Waals surface area contributed by atoms with E-state index in [1.165, 1.54) is 25.7 Å². The lowest BCUT2D eigenvalue weighted by Gasteiger charge is -2.37. The van der Waals surface area contributed by atoms with Crippen LogP contribution in [0.2, 0.25) is 0 Å². The fourth-order valence-electron chi connectivity index (χ4n) is 2.90. The molecule has 3 rings (SSSR count). The van der Waals surface area contributed by atoms with Gasteiger partial charge in [0.05, 0.1) is 0 Å². The van der Waals surface area contributed by atoms with E-state index in [1.807, 2.05) is 0 Å². The number of piperidine rings is 1. The van der Waals surface area contributed by atoms with Crippen LogP contribution in [0.5, 0.6) is 0 Å². The van der Waals surface area contributed by atoms with Gasteiger partial charge in [-0.05, 0) is 57.5 Å². The van der Waals surface area contributed by atoms with Crippen LogP contribution in [0.1, 0.15) is 45.4 Å². The van der Waals surface area contributed by atoms with Crippen molar-refractivity contribution in [2.45, 2.75) is 51.5 Å². The van der Waals surface area contributed by atoms with Gasteiger partial charge in [0.1, 0.15) is 0 Å². The first-order valence-corrected chi connectivity index (χ1v) is 7.21. The molecule has 2 aliphatic carbocycles. The number of hydrogen-bond donors (Lipinski definition) is 1. The first kappa shape index (κ1) is 11.5. The van der Waals surface area contributed by atoms with Gasteiger partial charge in [-0.15, -0.1) is 0 Å². The van der Waals surface area contributed by atoms with Crippen LogP contribution in [-0.4, -0.2) is 36.5 Å². The monoisotopic (exact) mass is 236 g/mol. The molecule has 0 atom stereocenters. The van der Waals surface area contributed by atoms with Crippen LogP contribution < -0.4 is 5.32 Å². The molecule has 3 aliphatic rings. The Labute approximate surface area is 104 Å². The number of hydrogen-bond acceptors (Lipinski definition) is 2. The fraction of sp³-hybridized carbons (Fsp3) is 0.929. The minimum absolute atomic E-state index is 0.0806. The van der Waals surface area contributed by atoms with E-state index in [0.717, 1.165) is 38.4 Å². The molecule has 1 heterocycles. The largest absolute Gasteiger partial charge is 0.339 e. The smallest absolute Gasteiger partial charge is 0.228 e. The zero-order chi connectivity index (χ0) is 11.9. The summed E-state index contributed by atoms with van der Waals surface area (Å²) >= 11 is 0. The molecule has 1 N–H and O–H groups in total. The highest BCUT2D eigenvalue weighted by Crippen LogP contribution is 2.39. The fourth-order valence-corrected chi connectivity index (χ4v) is 2.90. The van der Waals surface area contributed by atoms with Crippen molar-refractivity contribution >= 4 is 5.91 Å². The van der Waals surface area contributed by atoms with Crippen molar-refractivity contribution in [3.63, 3.8) is 0 Å². The molecule has 3 nitrogen and oxygen atoms in total. The normalized spacial score (nSPS) is 27.8. The van der Waals surface area contributed by atoms with Crippen molar-refractivity contribution in [1.82, 2.24) is 10.2 Å². The van der Waals surface area contributed by atoms with Crippen LogP contribution in [0.3, 0.4) is 0 Å². The average molecular weight is 236 g/mol. The molecule has 0 aromatic rings. The van der Waals surface area contributed by atoms with Crippen LogP contribution in [0.15, 0.2) is 0 Å². The summed E-state index contributed by atoms with van der Waals surface area (Å²) in [4.78, 5) is 15.0. The molecule has 0 bridgehead atoms. The summed E-state index contributed by atoms with van der Waals surface area (Å²) < 4.78 is 0. The first-order chi connectivity index (χ1) is 8.19. The summed E-state index contributed by atoms with van der Waals surface area (Å²) in [6, 6.07) is 0.592. The predicted molar refractivity (Wildman–Crippen MR) is 67.7 cm³/mol. The molecule has 0 spiro atoms. The number of carbonyl (C=O) groups excluding carboxylic acids is 1. The molecule has 3 fully saturated rings. The van der Waals surface area contributed by atoms with Gasteiger partial charge in [0, 0.05) is 18.0 Å². The molecular formula is C14H24N2O. The summed E-state index contributed by atoms with van der Waals surface area (Å²) in [6.07, 6.45) is 7.20. The number of amides is 1. The van der Waals surface area contributed by atoms with E-state index in [0.29, 0.717) is 11.9 Å². The van der Waals surface area contributed by atoms with E-state index < -0.39 is 0 Å². The second kappa shape index (κ2) is 4.27. The zero-order valence-electron chi connectivity index (χ0n) is 10.9. The molecule has 96 valence electrons. The summed E-state index contributed by atoms with van der Waals surface area (Å²) in [6.45, 7) is 5.24. The minimum Gasteiger partial charge on any atom is -0.339 e. The average Bonchev–Trinajstić information content (AvgIpc) is 3.17. The molecule has 0 aromatic heterocycles. The van der Waals surface area contributed by atoms with E-state index in [-0.39, 0.29) is 5.41 Å². The Kier molecular flexibility index (Phi) is 2.89. The summed E-state index contributed by atoms with van der Waals surface area (Å²) in [5.74, 6) is 1.28. The summed E-state index contributed by atoms with van der Waals surface area (Å²) in [5, 5.41) is 3.36. The third-order valence-corrected chi connectivity index (χ3v) is 4.62. The van der Waals surface area contributed by atoms with Gasteiger partial charge in [-0.1, -0.05) is 6.92 Å². The number of nitrogens with one attached hydrogen (secondary N) is 1. The topological polar surface area (TPSA) is 32.3 Å². The molecule has 1 saturated heterocycles. The van der Waals surface area contributed by atoms with Gasteiger partial charge in [0.2, 0.25) is 5.91 Å². The Morgan fingerprint density at radius 2 is 1.88 bits per heavy atom. The molecule has 1 amide bonds. The molecule has 0 aromatic carbocycles. The van der Waals surface area contributed by atoms with Gasteiger partial charge in [-0.3, -0.25) is 4.79 Å². The molecule has 17 heavy (non-hydrogen) atoms. The third kappa shape index (κ3) is 2.49. The lowest BCUT2D eigenvalue weighted by Crippen LogP contribution is -2.49. The van der Waals surface area contributed by atoms with Gasteiger partial charge in [-0.25, -0.2) is 0 Å². The minimum atomic E-state index is -0.0806. The van der Waals surface area contributed by atoms with E-state index >= 15 is 0 Å². The lowest BCUT2D eigenvalue weighted by molar-refractivity contribution is -0.143. The predicted octanol–water partition coefficient (Wildman–Crippen LogP) is 1.78. The maximum atomic E-state index is 12.8. The van der Waals surface area contributed by atoms with Crippen LogP contribution in [0.25, 0.3) is 0 Å². The van der Waals surface area contributed by atoms with Crippen molar-refractivity contribution < 1.29 is 4.79 Å². The first-order valence-electron chi connectivity index (χ1n) is 7.21. The molecule has 0 unspecified atom stereocenters. The van der Waals surface area contributed by atoms with E-state index in [9.17, 15) is 4.79 Å². The Balaban J connectivity index is 1.68. The quantitative estimate of drug-likeness (QED) is 0.807. The second-order valence-electron chi connectivity index (χ2n) is 6.44. The van der Waals surface area contributed by atoms with Gasteiger partial charge in [-0.2, -0.15) is 0 Å². The number of rotatable bonds is 4. The van der Waals surface area contributed by atoms with Gasteiger partial charge >= 0.3 is 0 Å². The molecular weight excluding hydrogens is 212 g/mol. The highest BCUT2D eigenvalue weighted by Gasteiger charge is 2.44. The van der Waals surface area contributed by atoms with E-state index in [2.05, 4.69) is 17.1 Å². The van der Waals surface area contributed by atoms with E-state index in [4.69, 9.17) is 0 Å². The maximum Gasteiger partial charge on any atom is 0.228 e.